The van der Waals surface area contributed by atoms with E-state index in [4.69, 9.17) is 4.74 Å². The number of carboxylic acids is 1. The molecule has 0 spiro atoms. The Kier molecular flexibility index (Phi) is 5.00. The highest BCUT2D eigenvalue weighted by molar-refractivity contribution is 5.95. The van der Waals surface area contributed by atoms with Crippen molar-refractivity contribution in [2.24, 2.45) is 5.92 Å². The van der Waals surface area contributed by atoms with E-state index in [0.717, 1.165) is 5.56 Å². The fraction of sp³-hybridized carbons (Fsp3) is 0.429. The summed E-state index contributed by atoms with van der Waals surface area (Å²) in [4.78, 5) is 26.4. The molecule has 1 fully saturated rings. The van der Waals surface area contributed by atoms with Gasteiger partial charge in [-0.15, -0.1) is 0 Å². The monoisotopic (exact) mass is 370 g/mol. The number of likely N-dealkylation sites (tertiary alicyclic amines) is 1. The van der Waals surface area contributed by atoms with Crippen molar-refractivity contribution in [1.29, 1.82) is 0 Å². The van der Waals surface area contributed by atoms with Crippen molar-refractivity contribution < 1.29 is 19.4 Å². The highest BCUT2D eigenvalue weighted by atomic mass is 16.5. The van der Waals surface area contributed by atoms with Gasteiger partial charge in [0.25, 0.3) is 5.91 Å². The third-order valence-corrected chi connectivity index (χ3v) is 5.16. The van der Waals surface area contributed by atoms with Gasteiger partial charge in [0, 0.05) is 36.9 Å². The van der Waals surface area contributed by atoms with E-state index in [2.05, 4.69) is 20.8 Å². The molecule has 2 atom stereocenters. The van der Waals surface area contributed by atoms with Crippen molar-refractivity contribution in [2.45, 2.75) is 32.2 Å². The lowest BCUT2D eigenvalue weighted by molar-refractivity contribution is -0.141. The normalized spacial score (nSPS) is 19.9. The number of benzene rings is 1. The van der Waals surface area contributed by atoms with Gasteiger partial charge in [0.05, 0.1) is 18.6 Å². The molecule has 0 radical (unpaired) electrons. The molecule has 1 aromatic heterocycles. The van der Waals surface area contributed by atoms with E-state index in [0.29, 0.717) is 17.9 Å². The summed E-state index contributed by atoms with van der Waals surface area (Å²) in [5, 5.41) is 9.68. The van der Waals surface area contributed by atoms with Gasteiger partial charge in [-0.1, -0.05) is 12.1 Å². The van der Waals surface area contributed by atoms with Crippen LogP contribution in [0.25, 0.3) is 0 Å². The maximum atomic E-state index is 13.0. The van der Waals surface area contributed by atoms with E-state index in [1.165, 1.54) is 0 Å². The number of rotatable bonds is 4. The van der Waals surface area contributed by atoms with E-state index in [1.54, 1.807) is 18.1 Å². The average molecular weight is 370 g/mol. The Morgan fingerprint density at radius 1 is 1.19 bits per heavy atom. The average Bonchev–Trinajstić information content (AvgIpc) is 3.28. The Hall–Kier alpha value is -2.76. The third-order valence-electron chi connectivity index (χ3n) is 5.16. The number of nitrogens with zero attached hydrogens (tertiary/aromatic N) is 2. The molecular formula is C21H26N2O4. The molecule has 0 aliphatic carbocycles. The van der Waals surface area contributed by atoms with Gasteiger partial charge in [0.1, 0.15) is 5.75 Å². The summed E-state index contributed by atoms with van der Waals surface area (Å²) in [6.45, 7) is 6.78. The molecule has 6 nitrogen and oxygen atoms in total. The van der Waals surface area contributed by atoms with Crippen LogP contribution in [-0.4, -0.2) is 46.6 Å². The number of carbonyl (C=O) groups excluding carboxylic acids is 1. The molecule has 1 aromatic carbocycles. The van der Waals surface area contributed by atoms with Gasteiger partial charge in [-0.05, 0) is 44.5 Å². The van der Waals surface area contributed by atoms with E-state index >= 15 is 0 Å². The topological polar surface area (TPSA) is 71.8 Å². The highest BCUT2D eigenvalue weighted by Crippen LogP contribution is 2.35. The first-order valence-electron chi connectivity index (χ1n) is 9.05. The van der Waals surface area contributed by atoms with Crippen molar-refractivity contribution >= 4 is 11.9 Å². The summed E-state index contributed by atoms with van der Waals surface area (Å²) < 4.78 is 7.25. The van der Waals surface area contributed by atoms with Crippen molar-refractivity contribution in [1.82, 2.24) is 9.47 Å². The van der Waals surface area contributed by atoms with Crippen LogP contribution in [0.2, 0.25) is 0 Å². The summed E-state index contributed by atoms with van der Waals surface area (Å²) in [5.74, 6) is -1.22. The van der Waals surface area contributed by atoms with Crippen LogP contribution < -0.4 is 4.74 Å². The summed E-state index contributed by atoms with van der Waals surface area (Å²) in [6.07, 6.45) is 3.72. The number of aromatic nitrogens is 1. The number of hydrogen-bond donors (Lipinski definition) is 1. The van der Waals surface area contributed by atoms with Crippen molar-refractivity contribution in [3.8, 4) is 5.75 Å². The Morgan fingerprint density at radius 3 is 2.52 bits per heavy atom. The van der Waals surface area contributed by atoms with Crippen LogP contribution >= 0.6 is 0 Å². The third kappa shape index (κ3) is 3.84. The molecule has 1 aliphatic heterocycles. The standard InChI is InChI=1S/C21H26N2O4/c1-21(2,3)23-9-8-15(11-23)19(24)22-12-17(18(13-22)20(25)26)14-6-5-7-16(10-14)27-4/h5-11,17-18H,12-13H2,1-4H3,(H,25,26). The Morgan fingerprint density at radius 2 is 1.93 bits per heavy atom. The summed E-state index contributed by atoms with van der Waals surface area (Å²) in [5.41, 5.74) is 1.35. The number of hydrogen-bond acceptors (Lipinski definition) is 3. The maximum Gasteiger partial charge on any atom is 0.308 e. The number of carboxylic acid groups (broad SMARTS) is 1. The molecule has 1 aliphatic rings. The first-order chi connectivity index (χ1) is 12.7. The van der Waals surface area contributed by atoms with Crippen LogP contribution in [0.5, 0.6) is 5.75 Å². The van der Waals surface area contributed by atoms with Crippen molar-refractivity contribution in [3.05, 3.63) is 53.9 Å². The summed E-state index contributed by atoms with van der Waals surface area (Å²) >= 11 is 0. The summed E-state index contributed by atoms with van der Waals surface area (Å²) in [6, 6.07) is 9.22. The van der Waals surface area contributed by atoms with Crippen molar-refractivity contribution in [3.63, 3.8) is 0 Å². The molecule has 27 heavy (non-hydrogen) atoms. The van der Waals surface area contributed by atoms with Crippen LogP contribution in [-0.2, 0) is 10.3 Å². The van der Waals surface area contributed by atoms with Gasteiger partial charge >= 0.3 is 5.97 Å². The number of methoxy groups -OCH3 is 1. The van der Waals surface area contributed by atoms with Gasteiger partial charge in [0.2, 0.25) is 0 Å². The maximum absolute atomic E-state index is 13.0. The van der Waals surface area contributed by atoms with Crippen LogP contribution in [0.1, 0.15) is 42.6 Å². The minimum absolute atomic E-state index is 0.115. The molecule has 2 aromatic rings. The zero-order chi connectivity index (χ0) is 19.8. The molecule has 0 bridgehead atoms. The quantitative estimate of drug-likeness (QED) is 0.897. The van der Waals surface area contributed by atoms with Gasteiger partial charge in [-0.25, -0.2) is 0 Å². The molecular weight excluding hydrogens is 344 g/mol. The Bertz CT molecular complexity index is 850. The molecule has 1 amide bonds. The molecule has 2 heterocycles. The Labute approximate surface area is 159 Å². The Balaban J connectivity index is 1.84. The number of carbonyl (C=O) groups is 2. The highest BCUT2D eigenvalue weighted by Gasteiger charge is 2.41. The van der Waals surface area contributed by atoms with E-state index in [-0.39, 0.29) is 23.9 Å². The molecule has 144 valence electrons. The fourth-order valence-electron chi connectivity index (χ4n) is 3.55. The second kappa shape index (κ2) is 7.10. The predicted octanol–water partition coefficient (Wildman–Crippen LogP) is 3.19. The van der Waals surface area contributed by atoms with E-state index < -0.39 is 11.9 Å². The van der Waals surface area contributed by atoms with Gasteiger partial charge < -0.3 is 19.3 Å². The molecule has 2 unspecified atom stereocenters. The first kappa shape index (κ1) is 19.0. The lowest BCUT2D eigenvalue weighted by Crippen LogP contribution is -2.30. The SMILES string of the molecule is COc1cccc(C2CN(C(=O)c3ccn(C(C)(C)C)c3)CC2C(=O)O)c1. The smallest absolute Gasteiger partial charge is 0.308 e. The van der Waals surface area contributed by atoms with Crippen LogP contribution in [0.4, 0.5) is 0 Å². The minimum Gasteiger partial charge on any atom is -0.497 e. The summed E-state index contributed by atoms with van der Waals surface area (Å²) in [7, 11) is 1.58. The van der Waals surface area contributed by atoms with E-state index in [1.807, 2.05) is 41.2 Å². The van der Waals surface area contributed by atoms with Gasteiger partial charge in [-0.2, -0.15) is 0 Å². The molecule has 1 N–H and O–H groups in total. The fourth-order valence-corrected chi connectivity index (χ4v) is 3.55. The second-order valence-electron chi connectivity index (χ2n) is 8.02. The lowest BCUT2D eigenvalue weighted by Gasteiger charge is -2.21. The largest absolute Gasteiger partial charge is 0.497 e. The number of aliphatic carboxylic acids is 1. The number of amides is 1. The minimum atomic E-state index is -0.884. The molecule has 0 saturated carbocycles. The van der Waals surface area contributed by atoms with Crippen molar-refractivity contribution in [2.75, 3.05) is 20.2 Å². The first-order valence-corrected chi connectivity index (χ1v) is 9.05. The zero-order valence-corrected chi connectivity index (χ0v) is 16.2. The molecule has 3 rings (SSSR count). The molecule has 1 saturated heterocycles. The predicted molar refractivity (Wildman–Crippen MR) is 102 cm³/mol. The van der Waals surface area contributed by atoms with Crippen LogP contribution in [0.3, 0.4) is 0 Å². The van der Waals surface area contributed by atoms with Crippen LogP contribution in [0, 0.1) is 5.92 Å². The lowest BCUT2D eigenvalue weighted by atomic mass is 9.89. The zero-order valence-electron chi connectivity index (χ0n) is 16.2. The van der Waals surface area contributed by atoms with Gasteiger partial charge in [0.15, 0.2) is 0 Å². The van der Waals surface area contributed by atoms with Gasteiger partial charge in [-0.3, -0.25) is 9.59 Å². The number of ether oxygens (including phenoxy) is 1. The van der Waals surface area contributed by atoms with E-state index in [9.17, 15) is 14.7 Å². The second-order valence-corrected chi connectivity index (χ2v) is 8.02. The molecule has 6 heteroatoms. The van der Waals surface area contributed by atoms with Crippen LogP contribution in [0.15, 0.2) is 42.7 Å².